The molecule has 3 nitrogen and oxygen atoms in total. The number of aromatic nitrogens is 1. The van der Waals surface area contributed by atoms with Gasteiger partial charge >= 0.3 is 0 Å². The molecule has 0 spiro atoms. The molecule has 5 heteroatoms. The second-order valence-corrected chi connectivity index (χ2v) is 5.92. The van der Waals surface area contributed by atoms with Crippen LogP contribution in [-0.4, -0.2) is 17.4 Å². The van der Waals surface area contributed by atoms with Gasteiger partial charge in [0.25, 0.3) is 0 Å². The summed E-state index contributed by atoms with van der Waals surface area (Å²) in [6.07, 6.45) is 3.03. The number of anilines is 1. The van der Waals surface area contributed by atoms with Gasteiger partial charge in [0, 0.05) is 25.1 Å². The number of hydrogen-bond acceptors (Lipinski definition) is 2. The van der Waals surface area contributed by atoms with Crippen molar-refractivity contribution >= 4 is 34.9 Å². The van der Waals surface area contributed by atoms with Crippen molar-refractivity contribution in [1.82, 2.24) is 4.98 Å². The van der Waals surface area contributed by atoms with Crippen molar-refractivity contribution in [3.05, 3.63) is 58.2 Å². The third-order valence-electron chi connectivity index (χ3n) is 3.75. The second-order valence-electron chi connectivity index (χ2n) is 5.10. The number of pyridine rings is 1. The molecule has 1 aromatic carbocycles. The Balaban J connectivity index is 1.85. The highest BCUT2D eigenvalue weighted by Gasteiger charge is 2.28. The minimum atomic E-state index is 0.116. The largest absolute Gasteiger partial charge is 0.296 e. The van der Waals surface area contributed by atoms with Crippen LogP contribution in [0.2, 0.25) is 10.0 Å². The molecular formula is C16H14Cl2N2O. The quantitative estimate of drug-likeness (QED) is 0.826. The number of halogens is 2. The number of carbonyl (C=O) groups is 1. The van der Waals surface area contributed by atoms with Gasteiger partial charge in [0.05, 0.1) is 10.0 Å². The zero-order valence-corrected chi connectivity index (χ0v) is 12.8. The minimum absolute atomic E-state index is 0.116. The third kappa shape index (κ3) is 3.04. The standard InChI is InChI=1S/C16H14Cl2N2O/c17-13-6-4-11(9-14(13)18)12-5-7-16(21)20(10-12)15-3-1-2-8-19-15/h1-4,6,8-9,12H,5,7,10H2. The van der Waals surface area contributed by atoms with Crippen LogP contribution in [0.3, 0.4) is 0 Å². The van der Waals surface area contributed by atoms with E-state index in [9.17, 15) is 4.79 Å². The Morgan fingerprint density at radius 2 is 2.00 bits per heavy atom. The normalized spacial score (nSPS) is 18.9. The molecule has 1 saturated heterocycles. The highest BCUT2D eigenvalue weighted by atomic mass is 35.5. The topological polar surface area (TPSA) is 33.2 Å². The molecule has 21 heavy (non-hydrogen) atoms. The Morgan fingerprint density at radius 1 is 1.14 bits per heavy atom. The van der Waals surface area contributed by atoms with E-state index in [1.54, 1.807) is 17.2 Å². The Morgan fingerprint density at radius 3 is 2.71 bits per heavy atom. The SMILES string of the molecule is O=C1CCC(c2ccc(Cl)c(Cl)c2)CN1c1ccccn1. The van der Waals surface area contributed by atoms with Gasteiger partial charge in [-0.05, 0) is 36.2 Å². The van der Waals surface area contributed by atoms with Crippen LogP contribution in [-0.2, 0) is 4.79 Å². The number of amides is 1. The molecule has 1 unspecified atom stereocenters. The minimum Gasteiger partial charge on any atom is -0.296 e. The first-order valence-electron chi connectivity index (χ1n) is 6.81. The fourth-order valence-electron chi connectivity index (χ4n) is 2.62. The molecule has 0 N–H and O–H groups in total. The molecule has 3 rings (SSSR count). The average Bonchev–Trinajstić information content (AvgIpc) is 2.51. The molecule has 0 bridgehead atoms. The van der Waals surface area contributed by atoms with Crippen molar-refractivity contribution < 1.29 is 4.79 Å². The van der Waals surface area contributed by atoms with Crippen molar-refractivity contribution in [3.8, 4) is 0 Å². The third-order valence-corrected chi connectivity index (χ3v) is 4.49. The number of carbonyl (C=O) groups excluding carboxylic acids is 1. The first-order valence-corrected chi connectivity index (χ1v) is 7.57. The summed E-state index contributed by atoms with van der Waals surface area (Å²) in [5, 5.41) is 1.10. The van der Waals surface area contributed by atoms with E-state index < -0.39 is 0 Å². The van der Waals surface area contributed by atoms with Gasteiger partial charge in [-0.2, -0.15) is 0 Å². The van der Waals surface area contributed by atoms with Crippen LogP contribution in [0.25, 0.3) is 0 Å². The van der Waals surface area contributed by atoms with Crippen LogP contribution in [0.5, 0.6) is 0 Å². The summed E-state index contributed by atoms with van der Waals surface area (Å²) in [5.74, 6) is 1.07. The summed E-state index contributed by atoms with van der Waals surface area (Å²) in [5.41, 5.74) is 1.11. The maximum atomic E-state index is 12.1. The molecule has 1 atom stereocenters. The van der Waals surface area contributed by atoms with Crippen LogP contribution < -0.4 is 4.90 Å². The number of piperidine rings is 1. The van der Waals surface area contributed by atoms with Crippen molar-refractivity contribution in [2.45, 2.75) is 18.8 Å². The van der Waals surface area contributed by atoms with E-state index in [0.29, 0.717) is 28.8 Å². The predicted molar refractivity (Wildman–Crippen MR) is 85.0 cm³/mol. The highest BCUT2D eigenvalue weighted by Crippen LogP contribution is 2.33. The number of rotatable bonds is 2. The summed E-state index contributed by atoms with van der Waals surface area (Å²) < 4.78 is 0. The summed E-state index contributed by atoms with van der Waals surface area (Å²) in [4.78, 5) is 18.1. The lowest BCUT2D eigenvalue weighted by Crippen LogP contribution is -2.39. The average molecular weight is 321 g/mol. The van der Waals surface area contributed by atoms with Gasteiger partial charge in [0.15, 0.2) is 0 Å². The summed E-state index contributed by atoms with van der Waals surface area (Å²) in [6, 6.07) is 11.3. The van der Waals surface area contributed by atoms with Gasteiger partial charge in [-0.25, -0.2) is 4.98 Å². The zero-order valence-electron chi connectivity index (χ0n) is 11.3. The monoisotopic (exact) mass is 320 g/mol. The lowest BCUT2D eigenvalue weighted by atomic mass is 9.90. The van der Waals surface area contributed by atoms with Crippen LogP contribution in [0.15, 0.2) is 42.6 Å². The van der Waals surface area contributed by atoms with Crippen LogP contribution in [0, 0.1) is 0 Å². The Hall–Kier alpha value is -1.58. The van der Waals surface area contributed by atoms with Crippen molar-refractivity contribution in [1.29, 1.82) is 0 Å². The van der Waals surface area contributed by atoms with E-state index in [1.165, 1.54) is 0 Å². The van der Waals surface area contributed by atoms with E-state index >= 15 is 0 Å². The first-order chi connectivity index (χ1) is 10.1. The van der Waals surface area contributed by atoms with E-state index in [-0.39, 0.29) is 11.8 Å². The number of benzene rings is 1. The Labute approximate surface area is 133 Å². The molecule has 1 amide bonds. The predicted octanol–water partition coefficient (Wildman–Crippen LogP) is 4.30. The molecule has 108 valence electrons. The molecule has 1 aliphatic rings. The van der Waals surface area contributed by atoms with Crippen molar-refractivity contribution in [2.24, 2.45) is 0 Å². The molecule has 2 aromatic rings. The summed E-state index contributed by atoms with van der Waals surface area (Å²) in [6.45, 7) is 0.619. The maximum absolute atomic E-state index is 12.1. The molecular weight excluding hydrogens is 307 g/mol. The molecule has 1 aliphatic heterocycles. The van der Waals surface area contributed by atoms with Gasteiger partial charge in [0.1, 0.15) is 5.82 Å². The van der Waals surface area contributed by atoms with Gasteiger partial charge in [-0.3, -0.25) is 9.69 Å². The van der Waals surface area contributed by atoms with E-state index in [0.717, 1.165) is 12.0 Å². The fraction of sp³-hybridized carbons (Fsp3) is 0.250. The molecule has 0 radical (unpaired) electrons. The van der Waals surface area contributed by atoms with Gasteiger partial charge in [-0.1, -0.05) is 35.3 Å². The first kappa shape index (κ1) is 14.4. The maximum Gasteiger partial charge on any atom is 0.228 e. The molecule has 2 heterocycles. The lowest BCUT2D eigenvalue weighted by molar-refractivity contribution is -0.119. The zero-order chi connectivity index (χ0) is 14.8. The number of nitrogens with zero attached hydrogens (tertiary/aromatic N) is 2. The highest BCUT2D eigenvalue weighted by molar-refractivity contribution is 6.42. The summed E-state index contributed by atoms with van der Waals surface area (Å²) in [7, 11) is 0. The van der Waals surface area contributed by atoms with E-state index in [2.05, 4.69) is 4.98 Å². The molecule has 1 fully saturated rings. The molecule has 0 aliphatic carbocycles. The summed E-state index contributed by atoms with van der Waals surface area (Å²) >= 11 is 12.1. The Bertz CT molecular complexity index is 661. The van der Waals surface area contributed by atoms with Crippen molar-refractivity contribution in [3.63, 3.8) is 0 Å². The smallest absolute Gasteiger partial charge is 0.228 e. The van der Waals surface area contributed by atoms with E-state index in [1.807, 2.05) is 30.3 Å². The number of hydrogen-bond donors (Lipinski definition) is 0. The van der Waals surface area contributed by atoms with Gasteiger partial charge < -0.3 is 0 Å². The van der Waals surface area contributed by atoms with E-state index in [4.69, 9.17) is 23.2 Å². The second kappa shape index (κ2) is 6.04. The van der Waals surface area contributed by atoms with Crippen LogP contribution >= 0.6 is 23.2 Å². The van der Waals surface area contributed by atoms with Crippen LogP contribution in [0.1, 0.15) is 24.3 Å². The molecule has 0 saturated carbocycles. The van der Waals surface area contributed by atoms with Gasteiger partial charge in [0.2, 0.25) is 5.91 Å². The Kier molecular flexibility index (Phi) is 4.13. The fourth-order valence-corrected chi connectivity index (χ4v) is 2.93. The van der Waals surface area contributed by atoms with Gasteiger partial charge in [-0.15, -0.1) is 0 Å². The van der Waals surface area contributed by atoms with Crippen molar-refractivity contribution in [2.75, 3.05) is 11.4 Å². The molecule has 1 aromatic heterocycles. The van der Waals surface area contributed by atoms with Crippen LogP contribution in [0.4, 0.5) is 5.82 Å². The lowest BCUT2D eigenvalue weighted by Gasteiger charge is -2.32.